The number of Topliss-reactive ketones (excluding diaryl/α,β-unsaturated/α-hetero) is 1. The maximum absolute atomic E-state index is 13.3. The number of allylic oxidation sites excluding steroid dienone is 2. The molecule has 10 heteroatoms. The predicted molar refractivity (Wildman–Crippen MR) is 138 cm³/mol. The summed E-state index contributed by atoms with van der Waals surface area (Å²) in [6.07, 6.45) is 0. The first-order valence-corrected chi connectivity index (χ1v) is 12.9. The van der Waals surface area contributed by atoms with Gasteiger partial charge < -0.3 is 24.1 Å². The normalized spacial score (nSPS) is 13.9. The molecule has 0 saturated heterocycles. The SMILES string of the molecule is CCOC(=O)C1=C(C)NC(C)=C(C(=O)OCC)C1C(=O)OCC(=O)c1cc(C)n(Cc2cccs2)c1C. The van der Waals surface area contributed by atoms with E-state index in [4.69, 9.17) is 14.2 Å². The lowest BCUT2D eigenvalue weighted by Gasteiger charge is -2.28. The zero-order chi connectivity index (χ0) is 27.3. The van der Waals surface area contributed by atoms with Gasteiger partial charge in [0.15, 0.2) is 6.61 Å². The molecule has 0 spiro atoms. The Morgan fingerprint density at radius 1 is 0.946 bits per heavy atom. The summed E-state index contributed by atoms with van der Waals surface area (Å²) >= 11 is 1.63. The molecule has 2 aromatic heterocycles. The van der Waals surface area contributed by atoms with E-state index in [9.17, 15) is 19.2 Å². The van der Waals surface area contributed by atoms with Crippen LogP contribution >= 0.6 is 11.3 Å². The molecule has 0 atom stereocenters. The first-order chi connectivity index (χ1) is 17.6. The van der Waals surface area contributed by atoms with E-state index in [0.29, 0.717) is 23.5 Å². The van der Waals surface area contributed by atoms with Crippen molar-refractivity contribution in [3.05, 3.63) is 67.9 Å². The number of aryl methyl sites for hydroxylation is 1. The third kappa shape index (κ3) is 6.02. The standard InChI is InChI=1S/C27H32N2O7S/c1-7-34-25(31)22-16(4)28-17(5)23(26(32)35-8-2)24(22)27(33)36-14-21(30)20-12-15(3)29(18(20)6)13-19-10-9-11-37-19/h9-12,24,28H,7-8,13-14H2,1-6H3. The van der Waals surface area contributed by atoms with Crippen molar-refractivity contribution >= 4 is 35.0 Å². The first-order valence-electron chi connectivity index (χ1n) is 12.0. The minimum absolute atomic E-state index is 0.0536. The Labute approximate surface area is 220 Å². The molecule has 2 aromatic rings. The van der Waals surface area contributed by atoms with Crippen LogP contribution < -0.4 is 5.32 Å². The number of nitrogens with zero attached hydrogens (tertiary/aromatic N) is 1. The highest BCUT2D eigenvalue weighted by Gasteiger charge is 2.42. The van der Waals surface area contributed by atoms with Gasteiger partial charge in [-0.2, -0.15) is 0 Å². The van der Waals surface area contributed by atoms with E-state index in [2.05, 4.69) is 5.32 Å². The Bertz CT molecular complexity index is 1230. The van der Waals surface area contributed by atoms with E-state index in [0.717, 1.165) is 16.3 Å². The summed E-state index contributed by atoms with van der Waals surface area (Å²) in [6.45, 7) is 10.5. The molecule has 1 aliphatic heterocycles. The van der Waals surface area contributed by atoms with Crippen LogP contribution in [0.25, 0.3) is 0 Å². The average molecular weight is 529 g/mol. The fourth-order valence-corrected chi connectivity index (χ4v) is 5.06. The summed E-state index contributed by atoms with van der Waals surface area (Å²) in [4.78, 5) is 53.1. The maximum atomic E-state index is 13.3. The topological polar surface area (TPSA) is 113 Å². The lowest BCUT2D eigenvalue weighted by molar-refractivity contribution is -0.151. The molecule has 1 N–H and O–H groups in total. The van der Waals surface area contributed by atoms with Gasteiger partial charge in [0, 0.05) is 33.2 Å². The smallest absolute Gasteiger partial charge is 0.337 e. The second-order valence-corrected chi connectivity index (χ2v) is 9.59. The molecule has 198 valence electrons. The number of nitrogens with one attached hydrogen (secondary N) is 1. The van der Waals surface area contributed by atoms with Crippen molar-refractivity contribution in [1.82, 2.24) is 9.88 Å². The number of dihydropyridines is 1. The quantitative estimate of drug-likeness (QED) is 0.281. The molecular formula is C27H32N2O7S. The highest BCUT2D eigenvalue weighted by molar-refractivity contribution is 7.09. The van der Waals surface area contributed by atoms with Crippen molar-refractivity contribution in [3.8, 4) is 0 Å². The summed E-state index contributed by atoms with van der Waals surface area (Å²) in [5, 5.41) is 4.95. The Hall–Kier alpha value is -3.66. The Kier molecular flexibility index (Phi) is 9.09. The molecule has 0 bridgehead atoms. The fourth-order valence-electron chi connectivity index (χ4n) is 4.37. The van der Waals surface area contributed by atoms with Crippen molar-refractivity contribution < 1.29 is 33.4 Å². The highest BCUT2D eigenvalue weighted by Crippen LogP contribution is 2.32. The summed E-state index contributed by atoms with van der Waals surface area (Å²) in [6, 6.07) is 5.77. The third-order valence-corrected chi connectivity index (χ3v) is 6.96. The van der Waals surface area contributed by atoms with E-state index >= 15 is 0 Å². The second-order valence-electron chi connectivity index (χ2n) is 8.56. The number of rotatable bonds is 10. The van der Waals surface area contributed by atoms with Crippen LogP contribution in [0.4, 0.5) is 0 Å². The summed E-state index contributed by atoms with van der Waals surface area (Å²) in [7, 11) is 0. The largest absolute Gasteiger partial charge is 0.463 e. The lowest BCUT2D eigenvalue weighted by atomic mass is 9.85. The number of ether oxygens (including phenoxy) is 3. The van der Waals surface area contributed by atoms with E-state index in [1.54, 1.807) is 45.1 Å². The maximum Gasteiger partial charge on any atom is 0.337 e. The van der Waals surface area contributed by atoms with Crippen molar-refractivity contribution in [2.24, 2.45) is 5.92 Å². The summed E-state index contributed by atoms with van der Waals surface area (Å²) in [5.74, 6) is -4.20. The van der Waals surface area contributed by atoms with Crippen molar-refractivity contribution in [2.45, 2.75) is 48.1 Å². The number of esters is 3. The van der Waals surface area contributed by atoms with Crippen molar-refractivity contribution in [3.63, 3.8) is 0 Å². The molecular weight excluding hydrogens is 496 g/mol. The van der Waals surface area contributed by atoms with Crippen LogP contribution in [0, 0.1) is 19.8 Å². The Morgan fingerprint density at radius 3 is 2.05 bits per heavy atom. The average Bonchev–Trinajstić information content (AvgIpc) is 3.45. The number of carbonyl (C=O) groups excluding carboxylic acids is 4. The molecule has 0 aliphatic carbocycles. The minimum atomic E-state index is -1.39. The molecule has 1 aliphatic rings. The monoisotopic (exact) mass is 528 g/mol. The van der Waals surface area contributed by atoms with Gasteiger partial charge in [-0.3, -0.25) is 9.59 Å². The number of hydrogen-bond acceptors (Lipinski definition) is 9. The summed E-state index contributed by atoms with van der Waals surface area (Å²) in [5.41, 5.74) is 2.72. The third-order valence-electron chi connectivity index (χ3n) is 6.10. The van der Waals surface area contributed by atoms with Gasteiger partial charge in [-0.1, -0.05) is 6.07 Å². The highest BCUT2D eigenvalue weighted by atomic mass is 32.1. The molecule has 0 unspecified atom stereocenters. The number of aromatic nitrogens is 1. The van der Waals surface area contributed by atoms with E-state index < -0.39 is 30.4 Å². The van der Waals surface area contributed by atoms with Crippen LogP contribution in [0.1, 0.15) is 54.3 Å². The first kappa shape index (κ1) is 27.9. The lowest BCUT2D eigenvalue weighted by Crippen LogP contribution is -2.38. The zero-order valence-corrected chi connectivity index (χ0v) is 22.7. The van der Waals surface area contributed by atoms with Crippen LogP contribution in [-0.4, -0.2) is 48.1 Å². The fraction of sp³-hybridized carbons (Fsp3) is 0.407. The van der Waals surface area contributed by atoms with Crippen molar-refractivity contribution in [1.29, 1.82) is 0 Å². The molecule has 9 nitrogen and oxygen atoms in total. The number of hydrogen-bond donors (Lipinski definition) is 1. The molecule has 0 amide bonds. The molecule has 0 fully saturated rings. The molecule has 0 saturated carbocycles. The van der Waals surface area contributed by atoms with Gasteiger partial charge in [0.25, 0.3) is 0 Å². The van der Waals surface area contributed by atoms with E-state index in [1.165, 1.54) is 0 Å². The van der Waals surface area contributed by atoms with Gasteiger partial charge in [-0.05, 0) is 59.1 Å². The van der Waals surface area contributed by atoms with Crippen LogP contribution in [0.2, 0.25) is 0 Å². The number of ketones is 1. The van der Waals surface area contributed by atoms with Gasteiger partial charge in [-0.25, -0.2) is 9.59 Å². The zero-order valence-electron chi connectivity index (χ0n) is 21.9. The molecule has 3 rings (SSSR count). The second kappa shape index (κ2) is 12.1. The van der Waals surface area contributed by atoms with E-state index in [1.807, 2.05) is 35.9 Å². The number of carbonyl (C=O) groups is 4. The molecule has 37 heavy (non-hydrogen) atoms. The van der Waals surface area contributed by atoms with Gasteiger partial charge in [0.2, 0.25) is 5.78 Å². The molecule has 3 heterocycles. The van der Waals surface area contributed by atoms with Gasteiger partial charge >= 0.3 is 17.9 Å². The van der Waals surface area contributed by atoms with Crippen molar-refractivity contribution in [2.75, 3.05) is 19.8 Å². The van der Waals surface area contributed by atoms with Crippen LogP contribution in [0.15, 0.2) is 46.1 Å². The van der Waals surface area contributed by atoms with Gasteiger partial charge in [0.05, 0.1) is 30.9 Å². The van der Waals surface area contributed by atoms with Crippen LogP contribution in [0.5, 0.6) is 0 Å². The van der Waals surface area contributed by atoms with Crippen LogP contribution in [0.3, 0.4) is 0 Å². The van der Waals surface area contributed by atoms with E-state index in [-0.39, 0.29) is 30.1 Å². The predicted octanol–water partition coefficient (Wildman–Crippen LogP) is 3.83. The Balaban J connectivity index is 1.85. The number of thiophene rings is 1. The van der Waals surface area contributed by atoms with Gasteiger partial charge in [-0.15, -0.1) is 11.3 Å². The minimum Gasteiger partial charge on any atom is -0.463 e. The van der Waals surface area contributed by atoms with Gasteiger partial charge in [0.1, 0.15) is 5.92 Å². The molecule has 0 aromatic carbocycles. The molecule has 0 radical (unpaired) electrons. The summed E-state index contributed by atoms with van der Waals surface area (Å²) < 4.78 is 17.7. The Morgan fingerprint density at radius 2 is 1.54 bits per heavy atom. The van der Waals surface area contributed by atoms with Crippen LogP contribution in [-0.2, 0) is 35.1 Å².